The third kappa shape index (κ3) is 4.26. The standard InChI is InChI=1S/C20H20N2O3S/c1-2-25-19-10-6-5-9-17(19)22-20(24)13-26-12-18(23)15-11-21-16-8-4-3-7-14(15)16/h3-11,21H,2,12-13H2,1H3,(H,22,24). The molecule has 0 unspecified atom stereocenters. The summed E-state index contributed by atoms with van der Waals surface area (Å²) in [6.45, 7) is 2.42. The first-order valence-electron chi connectivity index (χ1n) is 8.37. The number of carbonyl (C=O) groups excluding carboxylic acids is 2. The first-order valence-corrected chi connectivity index (χ1v) is 9.53. The van der Waals surface area contributed by atoms with E-state index in [1.54, 1.807) is 12.3 Å². The number of nitrogens with one attached hydrogen (secondary N) is 2. The molecule has 0 saturated heterocycles. The Hall–Kier alpha value is -2.73. The second-order valence-corrected chi connectivity index (χ2v) is 6.63. The predicted molar refractivity (Wildman–Crippen MR) is 106 cm³/mol. The highest BCUT2D eigenvalue weighted by atomic mass is 32.2. The van der Waals surface area contributed by atoms with E-state index in [0.717, 1.165) is 10.9 Å². The lowest BCUT2D eigenvalue weighted by Gasteiger charge is -2.11. The van der Waals surface area contributed by atoms with E-state index in [4.69, 9.17) is 4.74 Å². The molecule has 3 rings (SSSR count). The number of thioether (sulfide) groups is 1. The Bertz CT molecular complexity index is 920. The Kier molecular flexibility index (Phi) is 5.96. The fraction of sp³-hybridized carbons (Fsp3) is 0.200. The van der Waals surface area contributed by atoms with Crippen molar-refractivity contribution in [2.45, 2.75) is 6.92 Å². The number of H-pyrrole nitrogens is 1. The zero-order chi connectivity index (χ0) is 18.4. The Morgan fingerprint density at radius 1 is 1.08 bits per heavy atom. The maximum absolute atomic E-state index is 12.4. The molecule has 6 heteroatoms. The van der Waals surface area contributed by atoms with E-state index in [9.17, 15) is 9.59 Å². The van der Waals surface area contributed by atoms with Gasteiger partial charge in [-0.05, 0) is 25.1 Å². The third-order valence-corrected chi connectivity index (χ3v) is 4.75. The number of rotatable bonds is 8. The van der Waals surface area contributed by atoms with E-state index in [1.807, 2.05) is 49.4 Å². The Balaban J connectivity index is 1.53. The van der Waals surface area contributed by atoms with Gasteiger partial charge in [-0.15, -0.1) is 11.8 Å². The van der Waals surface area contributed by atoms with Crippen LogP contribution in [0.4, 0.5) is 5.69 Å². The Labute approximate surface area is 156 Å². The van der Waals surface area contributed by atoms with Crippen LogP contribution in [0.2, 0.25) is 0 Å². The molecule has 0 spiro atoms. The van der Waals surface area contributed by atoms with Crippen molar-refractivity contribution < 1.29 is 14.3 Å². The molecule has 0 bridgehead atoms. The summed E-state index contributed by atoms with van der Waals surface area (Å²) in [7, 11) is 0. The number of benzene rings is 2. The third-order valence-electron chi connectivity index (χ3n) is 3.82. The number of carbonyl (C=O) groups is 2. The van der Waals surface area contributed by atoms with Crippen LogP contribution < -0.4 is 10.1 Å². The van der Waals surface area contributed by atoms with Gasteiger partial charge >= 0.3 is 0 Å². The van der Waals surface area contributed by atoms with Crippen LogP contribution in [0, 0.1) is 0 Å². The van der Waals surface area contributed by atoms with Gasteiger partial charge in [0.15, 0.2) is 5.78 Å². The summed E-state index contributed by atoms with van der Waals surface area (Å²) in [6.07, 6.45) is 1.73. The number of ketones is 1. The lowest BCUT2D eigenvalue weighted by atomic mass is 10.1. The number of ether oxygens (including phenoxy) is 1. The van der Waals surface area contributed by atoms with E-state index in [-0.39, 0.29) is 23.2 Å². The highest BCUT2D eigenvalue weighted by Gasteiger charge is 2.13. The molecule has 2 aromatic carbocycles. The normalized spacial score (nSPS) is 10.7. The number of fused-ring (bicyclic) bond motifs is 1. The summed E-state index contributed by atoms with van der Waals surface area (Å²) in [4.78, 5) is 27.6. The molecule has 2 N–H and O–H groups in total. The van der Waals surface area contributed by atoms with Crippen LogP contribution in [0.15, 0.2) is 54.7 Å². The lowest BCUT2D eigenvalue weighted by Crippen LogP contribution is -2.16. The van der Waals surface area contributed by atoms with E-state index >= 15 is 0 Å². The van der Waals surface area contributed by atoms with Gasteiger partial charge in [-0.2, -0.15) is 0 Å². The van der Waals surface area contributed by atoms with Gasteiger partial charge in [0, 0.05) is 22.7 Å². The minimum Gasteiger partial charge on any atom is -0.492 e. The highest BCUT2D eigenvalue weighted by Crippen LogP contribution is 2.24. The van der Waals surface area contributed by atoms with E-state index < -0.39 is 0 Å². The SMILES string of the molecule is CCOc1ccccc1NC(=O)CSCC(=O)c1c[nH]c2ccccc12. The molecule has 1 heterocycles. The van der Waals surface area contributed by atoms with E-state index in [2.05, 4.69) is 10.3 Å². The molecule has 1 amide bonds. The van der Waals surface area contributed by atoms with Crippen LogP contribution in [0.3, 0.4) is 0 Å². The average Bonchev–Trinajstić information content (AvgIpc) is 3.08. The lowest BCUT2D eigenvalue weighted by molar-refractivity contribution is -0.113. The van der Waals surface area contributed by atoms with Crippen LogP contribution >= 0.6 is 11.8 Å². The summed E-state index contributed by atoms with van der Waals surface area (Å²) in [5.74, 6) is 0.948. The molecule has 0 saturated carbocycles. The zero-order valence-electron chi connectivity index (χ0n) is 14.5. The van der Waals surface area contributed by atoms with Gasteiger partial charge < -0.3 is 15.0 Å². The van der Waals surface area contributed by atoms with Crippen molar-refractivity contribution in [1.82, 2.24) is 4.98 Å². The van der Waals surface area contributed by atoms with Crippen molar-refractivity contribution in [1.29, 1.82) is 0 Å². The second-order valence-electron chi connectivity index (χ2n) is 5.64. The molecular weight excluding hydrogens is 348 g/mol. The monoisotopic (exact) mass is 368 g/mol. The van der Waals surface area contributed by atoms with Gasteiger partial charge in [-0.1, -0.05) is 30.3 Å². The average molecular weight is 368 g/mol. The van der Waals surface area contributed by atoms with Gasteiger partial charge in [0.2, 0.25) is 5.91 Å². The summed E-state index contributed by atoms with van der Waals surface area (Å²) in [5.41, 5.74) is 2.24. The summed E-state index contributed by atoms with van der Waals surface area (Å²) < 4.78 is 5.49. The minimum absolute atomic E-state index is 0.00923. The van der Waals surface area contributed by atoms with Gasteiger partial charge in [-0.25, -0.2) is 0 Å². The molecule has 5 nitrogen and oxygen atoms in total. The largest absolute Gasteiger partial charge is 0.492 e. The Morgan fingerprint density at radius 3 is 2.69 bits per heavy atom. The van der Waals surface area contributed by atoms with Crippen LogP contribution in [-0.4, -0.2) is 34.8 Å². The van der Waals surface area contributed by atoms with Crippen molar-refractivity contribution in [2.24, 2.45) is 0 Å². The van der Waals surface area contributed by atoms with Crippen LogP contribution in [0.5, 0.6) is 5.75 Å². The minimum atomic E-state index is -0.158. The molecule has 0 aliphatic heterocycles. The van der Waals surface area contributed by atoms with Crippen molar-refractivity contribution in [3.63, 3.8) is 0 Å². The van der Waals surface area contributed by atoms with Gasteiger partial charge in [0.1, 0.15) is 5.75 Å². The summed E-state index contributed by atoms with van der Waals surface area (Å²) >= 11 is 1.30. The summed E-state index contributed by atoms with van der Waals surface area (Å²) in [6, 6.07) is 15.0. The molecule has 134 valence electrons. The summed E-state index contributed by atoms with van der Waals surface area (Å²) in [5, 5.41) is 3.74. The maximum Gasteiger partial charge on any atom is 0.234 e. The predicted octanol–water partition coefficient (Wildman–Crippen LogP) is 4.12. The first kappa shape index (κ1) is 18.1. The van der Waals surface area contributed by atoms with Crippen LogP contribution in [0.25, 0.3) is 10.9 Å². The van der Waals surface area contributed by atoms with E-state index in [0.29, 0.717) is 23.6 Å². The Morgan fingerprint density at radius 2 is 1.85 bits per heavy atom. The van der Waals surface area contributed by atoms with Gasteiger partial charge in [0.25, 0.3) is 0 Å². The molecule has 26 heavy (non-hydrogen) atoms. The number of amides is 1. The van der Waals surface area contributed by atoms with Crippen molar-refractivity contribution in [3.05, 3.63) is 60.3 Å². The number of aromatic nitrogens is 1. The molecule has 0 radical (unpaired) electrons. The number of hydrogen-bond donors (Lipinski definition) is 2. The van der Waals surface area contributed by atoms with Crippen LogP contribution in [0.1, 0.15) is 17.3 Å². The fourth-order valence-corrected chi connectivity index (χ4v) is 3.35. The highest BCUT2D eigenvalue weighted by molar-refractivity contribution is 8.00. The molecule has 0 fully saturated rings. The number of Topliss-reactive ketones (excluding diaryl/α,β-unsaturated/α-hetero) is 1. The van der Waals surface area contributed by atoms with Crippen molar-refractivity contribution in [2.75, 3.05) is 23.4 Å². The van der Waals surface area contributed by atoms with Crippen molar-refractivity contribution in [3.8, 4) is 5.75 Å². The zero-order valence-corrected chi connectivity index (χ0v) is 15.3. The fourth-order valence-electron chi connectivity index (χ4n) is 2.65. The molecular formula is C20H20N2O3S. The first-order chi connectivity index (χ1) is 12.7. The molecule has 3 aromatic rings. The maximum atomic E-state index is 12.4. The van der Waals surface area contributed by atoms with Crippen molar-refractivity contribution >= 4 is 40.0 Å². The van der Waals surface area contributed by atoms with E-state index in [1.165, 1.54) is 11.8 Å². The number of anilines is 1. The van der Waals surface area contributed by atoms with Crippen LogP contribution in [-0.2, 0) is 4.79 Å². The molecule has 0 aliphatic rings. The van der Waals surface area contributed by atoms with Gasteiger partial charge in [0.05, 0.1) is 23.8 Å². The number of aromatic amines is 1. The topological polar surface area (TPSA) is 71.2 Å². The second kappa shape index (κ2) is 8.58. The number of hydrogen-bond acceptors (Lipinski definition) is 4. The molecule has 0 aliphatic carbocycles. The quantitative estimate of drug-likeness (QED) is 0.587. The number of para-hydroxylation sites is 3. The smallest absolute Gasteiger partial charge is 0.234 e. The molecule has 0 atom stereocenters. The van der Waals surface area contributed by atoms with Gasteiger partial charge in [-0.3, -0.25) is 9.59 Å². The molecule has 1 aromatic heterocycles.